The van der Waals surface area contributed by atoms with Crippen molar-refractivity contribution in [1.82, 2.24) is 19.9 Å². The van der Waals surface area contributed by atoms with Crippen LogP contribution in [-0.2, 0) is 0 Å². The van der Waals surface area contributed by atoms with E-state index in [1.54, 1.807) is 6.33 Å². The first kappa shape index (κ1) is 10.3. The quantitative estimate of drug-likeness (QED) is 0.670. The van der Waals surface area contributed by atoms with Gasteiger partial charge in [0.1, 0.15) is 5.52 Å². The first-order valence-electron chi connectivity index (χ1n) is 5.63. The number of nitrogens with zero attached hydrogens (tertiary/aromatic N) is 4. The molecule has 3 rings (SSSR count). The van der Waals surface area contributed by atoms with Crippen molar-refractivity contribution < 1.29 is 5.11 Å². The lowest BCUT2D eigenvalue weighted by Crippen LogP contribution is -2.33. The number of nitrogens with two attached hydrogens (primary N) is 1. The van der Waals surface area contributed by atoms with Gasteiger partial charge in [0.25, 0.3) is 0 Å². The van der Waals surface area contributed by atoms with Gasteiger partial charge in [-0.2, -0.15) is 9.97 Å². The topological polar surface area (TPSA) is 104 Å². The summed E-state index contributed by atoms with van der Waals surface area (Å²) >= 11 is 0. The van der Waals surface area contributed by atoms with E-state index < -0.39 is 0 Å². The maximum absolute atomic E-state index is 9.35. The summed E-state index contributed by atoms with van der Waals surface area (Å²) in [6.45, 7) is 0.995. The fraction of sp³-hybridized carbons (Fsp3) is 0.500. The van der Waals surface area contributed by atoms with Gasteiger partial charge in [-0.3, -0.25) is 0 Å². The molecule has 0 spiro atoms. The number of nitrogens with one attached hydrogen (secondary N) is 1. The molecule has 3 heterocycles. The van der Waals surface area contributed by atoms with Crippen molar-refractivity contribution in [2.24, 2.45) is 0 Å². The van der Waals surface area contributed by atoms with Crippen LogP contribution in [-0.4, -0.2) is 44.2 Å². The monoisotopic (exact) mass is 234 g/mol. The number of hydrogen-bond acceptors (Lipinski definition) is 6. The van der Waals surface area contributed by atoms with Gasteiger partial charge in [-0.25, -0.2) is 4.98 Å². The fourth-order valence-electron chi connectivity index (χ4n) is 2.35. The molecule has 1 aliphatic rings. The van der Waals surface area contributed by atoms with Crippen LogP contribution >= 0.6 is 0 Å². The molecule has 4 N–H and O–H groups in total. The number of aliphatic hydroxyl groups excluding tert-OH is 1. The third kappa shape index (κ3) is 1.59. The third-order valence-corrected chi connectivity index (χ3v) is 3.14. The van der Waals surface area contributed by atoms with E-state index in [-0.39, 0.29) is 18.6 Å². The second kappa shape index (κ2) is 3.85. The van der Waals surface area contributed by atoms with E-state index in [0.717, 1.165) is 30.7 Å². The van der Waals surface area contributed by atoms with Gasteiger partial charge in [0.15, 0.2) is 11.5 Å². The summed E-state index contributed by atoms with van der Waals surface area (Å²) in [6, 6.07) is 0.107. The molecule has 17 heavy (non-hydrogen) atoms. The van der Waals surface area contributed by atoms with Gasteiger partial charge in [0.05, 0.1) is 19.0 Å². The van der Waals surface area contributed by atoms with Crippen molar-refractivity contribution in [2.45, 2.75) is 18.9 Å². The minimum atomic E-state index is 0.107. The van der Waals surface area contributed by atoms with Crippen LogP contribution in [0.2, 0.25) is 0 Å². The van der Waals surface area contributed by atoms with Gasteiger partial charge in [0.2, 0.25) is 5.95 Å². The summed E-state index contributed by atoms with van der Waals surface area (Å²) in [4.78, 5) is 17.5. The van der Waals surface area contributed by atoms with Crippen molar-refractivity contribution in [3.8, 4) is 0 Å². The Morgan fingerprint density at radius 3 is 3.24 bits per heavy atom. The highest BCUT2D eigenvalue weighted by Crippen LogP contribution is 2.28. The Bertz CT molecular complexity index is 539. The number of fused-ring (bicyclic) bond motifs is 1. The van der Waals surface area contributed by atoms with E-state index in [2.05, 4.69) is 24.8 Å². The van der Waals surface area contributed by atoms with E-state index in [1.165, 1.54) is 0 Å². The van der Waals surface area contributed by atoms with Crippen LogP contribution in [0, 0.1) is 0 Å². The third-order valence-electron chi connectivity index (χ3n) is 3.14. The minimum Gasteiger partial charge on any atom is -0.394 e. The summed E-state index contributed by atoms with van der Waals surface area (Å²) in [5.41, 5.74) is 7.02. The first-order chi connectivity index (χ1) is 8.29. The normalized spacial score (nSPS) is 20.3. The van der Waals surface area contributed by atoms with E-state index >= 15 is 0 Å². The molecule has 0 amide bonds. The Labute approximate surface area is 97.7 Å². The van der Waals surface area contributed by atoms with E-state index in [1.807, 2.05) is 0 Å². The lowest BCUT2D eigenvalue weighted by Gasteiger charge is -2.24. The molecule has 2 aromatic heterocycles. The maximum Gasteiger partial charge on any atom is 0.224 e. The summed E-state index contributed by atoms with van der Waals surface area (Å²) in [5, 5.41) is 9.35. The highest BCUT2D eigenvalue weighted by atomic mass is 16.3. The average Bonchev–Trinajstić information content (AvgIpc) is 2.95. The average molecular weight is 234 g/mol. The summed E-state index contributed by atoms with van der Waals surface area (Å²) in [6.07, 6.45) is 3.59. The second-order valence-electron chi connectivity index (χ2n) is 4.18. The molecule has 0 radical (unpaired) electrons. The van der Waals surface area contributed by atoms with Crippen LogP contribution in [0.5, 0.6) is 0 Å². The van der Waals surface area contributed by atoms with Crippen LogP contribution in [0.1, 0.15) is 12.8 Å². The molecule has 1 atom stereocenters. The van der Waals surface area contributed by atoms with Crippen molar-refractivity contribution in [1.29, 1.82) is 0 Å². The Balaban J connectivity index is 2.12. The number of hydrogen-bond donors (Lipinski definition) is 3. The van der Waals surface area contributed by atoms with Gasteiger partial charge in [-0.1, -0.05) is 0 Å². The molecule has 0 bridgehead atoms. The molecule has 90 valence electrons. The molecule has 2 aromatic rings. The number of nitrogen functional groups attached to an aromatic ring is 1. The largest absolute Gasteiger partial charge is 0.394 e. The van der Waals surface area contributed by atoms with Crippen molar-refractivity contribution in [3.05, 3.63) is 6.33 Å². The van der Waals surface area contributed by atoms with Crippen molar-refractivity contribution in [3.63, 3.8) is 0 Å². The van der Waals surface area contributed by atoms with Gasteiger partial charge < -0.3 is 20.7 Å². The molecule has 1 saturated heterocycles. The summed E-state index contributed by atoms with van der Waals surface area (Å²) in [5.74, 6) is 0.949. The number of aliphatic hydroxyl groups is 1. The van der Waals surface area contributed by atoms with Crippen LogP contribution in [0.15, 0.2) is 6.33 Å². The zero-order valence-corrected chi connectivity index (χ0v) is 9.30. The molecule has 1 unspecified atom stereocenters. The van der Waals surface area contributed by atoms with Crippen LogP contribution < -0.4 is 10.6 Å². The van der Waals surface area contributed by atoms with E-state index in [9.17, 15) is 5.11 Å². The lowest BCUT2D eigenvalue weighted by atomic mass is 10.2. The van der Waals surface area contributed by atoms with Gasteiger partial charge in [0, 0.05) is 6.54 Å². The molecule has 0 aliphatic carbocycles. The van der Waals surface area contributed by atoms with Crippen molar-refractivity contribution in [2.75, 3.05) is 23.8 Å². The molecular weight excluding hydrogens is 220 g/mol. The number of anilines is 2. The fourth-order valence-corrected chi connectivity index (χ4v) is 2.35. The Kier molecular flexibility index (Phi) is 2.32. The lowest BCUT2D eigenvalue weighted by molar-refractivity contribution is 0.266. The molecule has 0 saturated carbocycles. The first-order valence-corrected chi connectivity index (χ1v) is 5.63. The molecule has 0 aromatic carbocycles. The highest BCUT2D eigenvalue weighted by molar-refractivity contribution is 5.84. The number of imidazole rings is 1. The second-order valence-corrected chi connectivity index (χ2v) is 4.18. The Morgan fingerprint density at radius 1 is 1.53 bits per heavy atom. The Morgan fingerprint density at radius 2 is 2.41 bits per heavy atom. The highest BCUT2D eigenvalue weighted by Gasteiger charge is 2.27. The molecule has 1 aliphatic heterocycles. The van der Waals surface area contributed by atoms with E-state index in [0.29, 0.717) is 5.65 Å². The zero-order valence-electron chi connectivity index (χ0n) is 9.30. The predicted molar refractivity (Wildman–Crippen MR) is 63.5 cm³/mol. The zero-order chi connectivity index (χ0) is 11.8. The minimum absolute atomic E-state index is 0.107. The van der Waals surface area contributed by atoms with Gasteiger partial charge in [-0.05, 0) is 12.8 Å². The van der Waals surface area contributed by atoms with Crippen LogP contribution in [0.4, 0.5) is 11.8 Å². The predicted octanol–water partition coefficient (Wildman–Crippen LogP) is -0.104. The van der Waals surface area contributed by atoms with Crippen molar-refractivity contribution >= 4 is 22.9 Å². The molecule has 1 fully saturated rings. The maximum atomic E-state index is 9.35. The summed E-state index contributed by atoms with van der Waals surface area (Å²) in [7, 11) is 0. The molecule has 7 heteroatoms. The number of H-pyrrole nitrogens is 1. The Hall–Kier alpha value is -1.89. The summed E-state index contributed by atoms with van der Waals surface area (Å²) < 4.78 is 0. The molecule has 7 nitrogen and oxygen atoms in total. The molecular formula is C10H14N6O. The van der Waals surface area contributed by atoms with Crippen LogP contribution in [0.3, 0.4) is 0 Å². The van der Waals surface area contributed by atoms with E-state index in [4.69, 9.17) is 5.73 Å². The standard InChI is InChI=1S/C10H14N6O/c11-10-14-8-7(12-5-13-8)9(15-10)16-3-1-2-6(16)4-17/h5-6,17H,1-4H2,(H3,11,12,13,14,15). The van der Waals surface area contributed by atoms with Gasteiger partial charge in [-0.15, -0.1) is 0 Å². The number of rotatable bonds is 2. The number of aromatic nitrogens is 4. The van der Waals surface area contributed by atoms with Gasteiger partial charge >= 0.3 is 0 Å². The SMILES string of the molecule is Nc1nc(N2CCCC2CO)c2[nH]cnc2n1. The van der Waals surface area contributed by atoms with Crippen LogP contribution in [0.25, 0.3) is 11.2 Å². The number of aromatic amines is 1. The smallest absolute Gasteiger partial charge is 0.224 e.